The monoisotopic (exact) mass is 294 g/mol. The average molecular weight is 294 g/mol. The fraction of sp³-hybridized carbons (Fsp3) is 0.500. The van der Waals surface area contributed by atoms with Gasteiger partial charge in [-0.15, -0.1) is 11.8 Å². The topological polar surface area (TPSA) is 27.7 Å². The van der Waals surface area contributed by atoms with Gasteiger partial charge in [-0.2, -0.15) is 0 Å². The molecule has 20 heavy (non-hydrogen) atoms. The van der Waals surface area contributed by atoms with Crippen molar-refractivity contribution < 1.29 is 14.2 Å². The lowest BCUT2D eigenvalue weighted by Gasteiger charge is -2.28. The summed E-state index contributed by atoms with van der Waals surface area (Å²) < 4.78 is 17.0. The molecule has 0 bridgehead atoms. The predicted octanol–water partition coefficient (Wildman–Crippen LogP) is 3.94. The molecule has 0 aromatic heterocycles. The summed E-state index contributed by atoms with van der Waals surface area (Å²) in [6.45, 7) is 5.04. The quantitative estimate of drug-likeness (QED) is 0.679. The molecule has 1 aliphatic rings. The van der Waals surface area contributed by atoms with E-state index in [4.69, 9.17) is 14.2 Å². The lowest BCUT2D eigenvalue weighted by molar-refractivity contribution is -0.171. The third kappa shape index (κ3) is 3.78. The van der Waals surface area contributed by atoms with E-state index in [-0.39, 0.29) is 0 Å². The van der Waals surface area contributed by atoms with E-state index < -0.39 is 5.79 Å². The van der Waals surface area contributed by atoms with E-state index in [0.717, 1.165) is 36.3 Å². The normalized spacial score (nSPS) is 17.1. The number of rotatable bonds is 8. The summed E-state index contributed by atoms with van der Waals surface area (Å²) in [5.41, 5.74) is 1.08. The van der Waals surface area contributed by atoms with E-state index >= 15 is 0 Å². The van der Waals surface area contributed by atoms with Crippen LogP contribution in [0.25, 0.3) is 0 Å². The van der Waals surface area contributed by atoms with Gasteiger partial charge in [0.05, 0.1) is 20.3 Å². The molecule has 0 unspecified atom stereocenters. The van der Waals surface area contributed by atoms with Gasteiger partial charge in [0.2, 0.25) is 0 Å². The van der Waals surface area contributed by atoms with Crippen molar-refractivity contribution in [3.8, 4) is 5.75 Å². The van der Waals surface area contributed by atoms with Gasteiger partial charge in [0.15, 0.2) is 5.79 Å². The first-order valence-electron chi connectivity index (χ1n) is 6.96. The zero-order valence-electron chi connectivity index (χ0n) is 12.0. The highest BCUT2D eigenvalue weighted by atomic mass is 32.2. The Labute approximate surface area is 125 Å². The molecule has 1 aromatic rings. The van der Waals surface area contributed by atoms with Gasteiger partial charge < -0.3 is 14.2 Å². The summed E-state index contributed by atoms with van der Waals surface area (Å²) in [6, 6.07) is 7.97. The van der Waals surface area contributed by atoms with E-state index in [0.29, 0.717) is 13.2 Å². The van der Waals surface area contributed by atoms with Gasteiger partial charge in [0.25, 0.3) is 0 Å². The largest absolute Gasteiger partial charge is 0.497 e. The van der Waals surface area contributed by atoms with Crippen LogP contribution in [0.4, 0.5) is 0 Å². The SMILES string of the molecule is C=CSCCCCC1(c2ccc(OC)cc2)OCCO1. The standard InChI is InChI=1S/C16H22O3S/c1-3-20-13-5-4-10-16(18-11-12-19-16)14-6-8-15(17-2)9-7-14/h3,6-9H,1,4-5,10-13H2,2H3. The molecule has 3 nitrogen and oxygen atoms in total. The Hall–Kier alpha value is -0.970. The molecule has 0 aliphatic carbocycles. The molecule has 0 spiro atoms. The van der Waals surface area contributed by atoms with E-state index in [2.05, 4.69) is 6.58 Å². The average Bonchev–Trinajstić information content (AvgIpc) is 2.97. The predicted molar refractivity (Wildman–Crippen MR) is 83.1 cm³/mol. The summed E-state index contributed by atoms with van der Waals surface area (Å²) in [5.74, 6) is 1.39. The van der Waals surface area contributed by atoms with E-state index in [1.807, 2.05) is 29.7 Å². The molecule has 110 valence electrons. The van der Waals surface area contributed by atoms with Gasteiger partial charge in [-0.25, -0.2) is 0 Å². The molecule has 1 heterocycles. The van der Waals surface area contributed by atoms with Crippen LogP contribution >= 0.6 is 11.8 Å². The van der Waals surface area contributed by atoms with Gasteiger partial charge in [-0.1, -0.05) is 6.58 Å². The maximum Gasteiger partial charge on any atom is 0.194 e. The molecule has 2 rings (SSSR count). The Morgan fingerprint density at radius 1 is 1.25 bits per heavy atom. The van der Waals surface area contributed by atoms with Crippen LogP contribution in [0.15, 0.2) is 36.3 Å². The molecule has 0 amide bonds. The number of hydrogen-bond donors (Lipinski definition) is 0. The number of thioether (sulfide) groups is 1. The molecule has 0 N–H and O–H groups in total. The summed E-state index contributed by atoms with van der Waals surface area (Å²) in [4.78, 5) is 0. The number of methoxy groups -OCH3 is 1. The second-order valence-corrected chi connectivity index (χ2v) is 5.75. The van der Waals surface area contributed by atoms with Gasteiger partial charge in [-0.3, -0.25) is 0 Å². The van der Waals surface area contributed by atoms with Crippen molar-refractivity contribution in [2.24, 2.45) is 0 Å². The van der Waals surface area contributed by atoms with Gasteiger partial charge in [-0.05, 0) is 48.3 Å². The van der Waals surface area contributed by atoms with E-state index in [9.17, 15) is 0 Å². The molecule has 1 saturated heterocycles. The van der Waals surface area contributed by atoms with Crippen molar-refractivity contribution in [3.05, 3.63) is 41.8 Å². The zero-order chi connectivity index (χ0) is 14.3. The van der Waals surface area contributed by atoms with Crippen LogP contribution in [0.3, 0.4) is 0 Å². The first-order valence-corrected chi connectivity index (χ1v) is 8.00. The fourth-order valence-electron chi connectivity index (χ4n) is 2.38. The second kappa shape index (κ2) is 7.72. The molecule has 4 heteroatoms. The first kappa shape index (κ1) is 15.4. The van der Waals surface area contributed by atoms with Gasteiger partial charge >= 0.3 is 0 Å². The maximum absolute atomic E-state index is 5.92. The number of benzene rings is 1. The number of unbranched alkanes of at least 4 members (excludes halogenated alkanes) is 1. The van der Waals surface area contributed by atoms with Crippen LogP contribution in [0, 0.1) is 0 Å². The minimum absolute atomic E-state index is 0.564. The Bertz CT molecular complexity index is 410. The zero-order valence-corrected chi connectivity index (χ0v) is 12.8. The third-order valence-corrected chi connectivity index (χ3v) is 4.18. The van der Waals surface area contributed by atoms with Crippen molar-refractivity contribution in [2.75, 3.05) is 26.1 Å². The number of ether oxygens (including phenoxy) is 3. The van der Waals surface area contributed by atoms with E-state index in [1.165, 1.54) is 0 Å². The molecule has 1 aliphatic heterocycles. The highest BCUT2D eigenvalue weighted by molar-refractivity contribution is 8.02. The highest BCUT2D eigenvalue weighted by Gasteiger charge is 2.37. The first-order chi connectivity index (χ1) is 9.80. The van der Waals surface area contributed by atoms with Crippen LogP contribution < -0.4 is 4.74 Å². The highest BCUT2D eigenvalue weighted by Crippen LogP contribution is 2.37. The van der Waals surface area contributed by atoms with Crippen LogP contribution in [-0.2, 0) is 15.3 Å². The summed E-state index contributed by atoms with van der Waals surface area (Å²) >= 11 is 1.76. The molecule has 0 radical (unpaired) electrons. The molecule has 0 saturated carbocycles. The van der Waals surface area contributed by atoms with E-state index in [1.54, 1.807) is 18.9 Å². The summed E-state index contributed by atoms with van der Waals surface area (Å²) in [7, 11) is 1.67. The smallest absolute Gasteiger partial charge is 0.194 e. The third-order valence-electron chi connectivity index (χ3n) is 3.42. The lowest BCUT2D eigenvalue weighted by Crippen LogP contribution is -2.27. The molecule has 0 atom stereocenters. The molecule has 1 fully saturated rings. The van der Waals surface area contributed by atoms with Gasteiger partial charge in [0, 0.05) is 12.0 Å². The number of hydrogen-bond acceptors (Lipinski definition) is 4. The second-order valence-electron chi connectivity index (χ2n) is 4.67. The van der Waals surface area contributed by atoms with Crippen molar-refractivity contribution in [3.63, 3.8) is 0 Å². The minimum atomic E-state index is -0.564. The Morgan fingerprint density at radius 3 is 2.55 bits per heavy atom. The van der Waals surface area contributed by atoms with Crippen LogP contribution in [-0.4, -0.2) is 26.1 Å². The summed E-state index contributed by atoms with van der Waals surface area (Å²) in [5, 5.41) is 1.89. The van der Waals surface area contributed by atoms with Crippen LogP contribution in [0.5, 0.6) is 5.75 Å². The Balaban J connectivity index is 1.98. The van der Waals surface area contributed by atoms with Crippen molar-refractivity contribution in [1.82, 2.24) is 0 Å². The lowest BCUT2D eigenvalue weighted by atomic mass is 9.99. The van der Waals surface area contributed by atoms with Gasteiger partial charge in [0.1, 0.15) is 5.75 Å². The van der Waals surface area contributed by atoms with Crippen molar-refractivity contribution >= 4 is 11.8 Å². The maximum atomic E-state index is 5.92. The Kier molecular flexibility index (Phi) is 5.95. The molecular formula is C16H22O3S. The van der Waals surface area contributed by atoms with Crippen LogP contribution in [0.2, 0.25) is 0 Å². The molecule has 1 aromatic carbocycles. The minimum Gasteiger partial charge on any atom is -0.497 e. The molecular weight excluding hydrogens is 272 g/mol. The van der Waals surface area contributed by atoms with Crippen molar-refractivity contribution in [1.29, 1.82) is 0 Å². The van der Waals surface area contributed by atoms with Crippen LogP contribution in [0.1, 0.15) is 24.8 Å². The Morgan fingerprint density at radius 2 is 1.95 bits per heavy atom. The fourth-order valence-corrected chi connectivity index (χ4v) is 2.92. The van der Waals surface area contributed by atoms with Crippen molar-refractivity contribution in [2.45, 2.75) is 25.0 Å². The summed E-state index contributed by atoms with van der Waals surface area (Å²) in [6.07, 6.45) is 3.10.